The van der Waals surface area contributed by atoms with Crippen molar-refractivity contribution in [3.63, 3.8) is 0 Å². The molecule has 0 heterocycles. The lowest BCUT2D eigenvalue weighted by molar-refractivity contribution is -0.0950. The molecule has 0 spiro atoms. The van der Waals surface area contributed by atoms with Crippen molar-refractivity contribution < 1.29 is 10.2 Å². The number of aliphatic hydroxyl groups excluding tert-OH is 2. The van der Waals surface area contributed by atoms with Crippen molar-refractivity contribution in [3.05, 3.63) is 23.8 Å². The van der Waals surface area contributed by atoms with Crippen molar-refractivity contribution in [2.24, 2.45) is 46.3 Å². The first-order valence-corrected chi connectivity index (χ1v) is 12.4. The third-order valence-corrected chi connectivity index (χ3v) is 9.86. The van der Waals surface area contributed by atoms with Crippen LogP contribution in [-0.4, -0.2) is 22.4 Å². The topological polar surface area (TPSA) is 40.5 Å². The standard InChI is InChI=1S/C27H44O2/c1-17(2)7-6-8-18(3)21-9-10-22-25-23(12-14-27(21,22)5)26(4)13-11-20(28)15-19(26)16-24(25)29/h6,8,16-18,20-25,28-29H,7,9-15H2,1-5H3/b8-6+/t18-,20+,21-,22+,23+,24-,25+,26+,27-/m1/s1. The van der Waals surface area contributed by atoms with Gasteiger partial charge in [0.15, 0.2) is 0 Å². The lowest BCUT2D eigenvalue weighted by atomic mass is 9.46. The lowest BCUT2D eigenvalue weighted by Gasteiger charge is -2.59. The van der Waals surface area contributed by atoms with Crippen molar-refractivity contribution in [1.82, 2.24) is 0 Å². The van der Waals surface area contributed by atoms with Crippen LogP contribution in [0, 0.1) is 46.3 Å². The first-order valence-electron chi connectivity index (χ1n) is 12.4. The molecule has 0 aromatic heterocycles. The van der Waals surface area contributed by atoms with Crippen LogP contribution in [0.25, 0.3) is 0 Å². The van der Waals surface area contributed by atoms with E-state index in [1.165, 1.54) is 37.7 Å². The van der Waals surface area contributed by atoms with Gasteiger partial charge < -0.3 is 10.2 Å². The highest BCUT2D eigenvalue weighted by atomic mass is 16.3. The normalized spacial score (nSPS) is 48.2. The van der Waals surface area contributed by atoms with E-state index in [0.717, 1.165) is 31.1 Å². The molecule has 0 radical (unpaired) electrons. The van der Waals surface area contributed by atoms with Crippen LogP contribution in [0.2, 0.25) is 0 Å². The molecule has 4 aliphatic carbocycles. The molecule has 3 fully saturated rings. The highest BCUT2D eigenvalue weighted by Crippen LogP contribution is 2.67. The van der Waals surface area contributed by atoms with Gasteiger partial charge in [0, 0.05) is 0 Å². The first-order chi connectivity index (χ1) is 13.7. The Balaban J connectivity index is 1.57. The predicted octanol–water partition coefficient (Wildman–Crippen LogP) is 6.14. The molecular weight excluding hydrogens is 356 g/mol. The molecule has 4 aliphatic rings. The molecule has 0 aromatic rings. The highest BCUT2D eigenvalue weighted by molar-refractivity contribution is 5.28. The second-order valence-electron chi connectivity index (χ2n) is 11.9. The molecule has 164 valence electrons. The van der Waals surface area contributed by atoms with E-state index >= 15 is 0 Å². The molecule has 4 rings (SSSR count). The summed E-state index contributed by atoms with van der Waals surface area (Å²) in [4.78, 5) is 0. The summed E-state index contributed by atoms with van der Waals surface area (Å²) in [7, 11) is 0. The van der Waals surface area contributed by atoms with Gasteiger partial charge in [0.05, 0.1) is 12.2 Å². The van der Waals surface area contributed by atoms with Gasteiger partial charge in [0.1, 0.15) is 0 Å². The van der Waals surface area contributed by atoms with Gasteiger partial charge in [0.2, 0.25) is 0 Å². The number of aliphatic hydroxyl groups is 2. The summed E-state index contributed by atoms with van der Waals surface area (Å²) in [6, 6.07) is 0. The summed E-state index contributed by atoms with van der Waals surface area (Å²) in [5, 5.41) is 21.5. The predicted molar refractivity (Wildman–Crippen MR) is 120 cm³/mol. The number of rotatable bonds is 4. The van der Waals surface area contributed by atoms with Gasteiger partial charge in [-0.05, 0) is 97.7 Å². The maximum absolute atomic E-state index is 11.3. The number of fused-ring (bicyclic) bond motifs is 5. The van der Waals surface area contributed by atoms with E-state index in [1.54, 1.807) is 0 Å². The summed E-state index contributed by atoms with van der Waals surface area (Å²) in [5.41, 5.74) is 1.92. The minimum atomic E-state index is -0.316. The Hall–Kier alpha value is -0.600. The second-order valence-corrected chi connectivity index (χ2v) is 11.9. The average molecular weight is 401 g/mol. The zero-order chi connectivity index (χ0) is 21.0. The molecule has 0 aliphatic heterocycles. The molecule has 3 saturated carbocycles. The highest BCUT2D eigenvalue weighted by Gasteiger charge is 2.60. The zero-order valence-corrected chi connectivity index (χ0v) is 19.4. The van der Waals surface area contributed by atoms with E-state index in [-0.39, 0.29) is 17.6 Å². The fourth-order valence-electron chi connectivity index (χ4n) is 8.23. The Labute approximate surface area is 178 Å². The van der Waals surface area contributed by atoms with Crippen LogP contribution in [0.5, 0.6) is 0 Å². The van der Waals surface area contributed by atoms with E-state index in [0.29, 0.717) is 29.1 Å². The number of allylic oxidation sites excluding steroid dienone is 2. The van der Waals surface area contributed by atoms with E-state index in [2.05, 4.69) is 52.8 Å². The average Bonchev–Trinajstić information content (AvgIpc) is 3.00. The van der Waals surface area contributed by atoms with E-state index in [4.69, 9.17) is 0 Å². The fourth-order valence-corrected chi connectivity index (χ4v) is 8.23. The Kier molecular flexibility index (Phi) is 5.84. The van der Waals surface area contributed by atoms with Crippen LogP contribution in [-0.2, 0) is 0 Å². The molecule has 2 nitrogen and oxygen atoms in total. The molecule has 9 atom stereocenters. The minimum absolute atomic E-state index is 0.200. The Morgan fingerprint density at radius 1 is 1.03 bits per heavy atom. The van der Waals surface area contributed by atoms with Gasteiger partial charge >= 0.3 is 0 Å². The van der Waals surface area contributed by atoms with Gasteiger partial charge in [-0.25, -0.2) is 0 Å². The molecule has 0 aromatic carbocycles. The van der Waals surface area contributed by atoms with Gasteiger partial charge in [-0.1, -0.05) is 58.4 Å². The second kappa shape index (κ2) is 7.83. The van der Waals surface area contributed by atoms with E-state index < -0.39 is 0 Å². The number of hydrogen-bond donors (Lipinski definition) is 2. The molecule has 29 heavy (non-hydrogen) atoms. The minimum Gasteiger partial charge on any atom is -0.393 e. The fraction of sp³-hybridized carbons (Fsp3) is 0.852. The molecular formula is C27H44O2. The van der Waals surface area contributed by atoms with Crippen molar-refractivity contribution >= 4 is 0 Å². The van der Waals surface area contributed by atoms with Gasteiger partial charge in [0.25, 0.3) is 0 Å². The molecule has 0 unspecified atom stereocenters. The molecule has 0 amide bonds. The summed E-state index contributed by atoms with van der Waals surface area (Å²) in [6.07, 6.45) is 15.7. The van der Waals surface area contributed by atoms with Crippen LogP contribution < -0.4 is 0 Å². The first kappa shape index (κ1) is 21.6. The Morgan fingerprint density at radius 2 is 1.79 bits per heavy atom. The third-order valence-electron chi connectivity index (χ3n) is 9.86. The summed E-state index contributed by atoms with van der Waals surface area (Å²) in [6.45, 7) is 12.0. The van der Waals surface area contributed by atoms with Crippen LogP contribution in [0.15, 0.2) is 23.8 Å². The van der Waals surface area contributed by atoms with Gasteiger partial charge in [-0.2, -0.15) is 0 Å². The Morgan fingerprint density at radius 3 is 2.52 bits per heavy atom. The van der Waals surface area contributed by atoms with Crippen molar-refractivity contribution in [1.29, 1.82) is 0 Å². The largest absolute Gasteiger partial charge is 0.393 e. The SMILES string of the molecule is CC(C)C/C=C/[C@@H](C)[C@H]1CC[C@H]2[C@@H]3[C@H](O)C=C4C[C@@H](O)CC[C@]4(C)[C@H]3CC[C@]12C. The molecule has 2 N–H and O–H groups in total. The lowest BCUT2D eigenvalue weighted by Crippen LogP contribution is -2.54. The van der Waals surface area contributed by atoms with Crippen LogP contribution in [0.4, 0.5) is 0 Å². The van der Waals surface area contributed by atoms with Crippen molar-refractivity contribution in [3.8, 4) is 0 Å². The molecule has 0 bridgehead atoms. The van der Waals surface area contributed by atoms with Crippen molar-refractivity contribution in [2.75, 3.05) is 0 Å². The molecule has 2 heteroatoms. The van der Waals surface area contributed by atoms with Crippen LogP contribution in [0.1, 0.15) is 86.0 Å². The number of hydrogen-bond acceptors (Lipinski definition) is 2. The van der Waals surface area contributed by atoms with Crippen LogP contribution >= 0.6 is 0 Å². The summed E-state index contributed by atoms with van der Waals surface area (Å²) in [5.74, 6) is 3.75. The summed E-state index contributed by atoms with van der Waals surface area (Å²) >= 11 is 0. The third kappa shape index (κ3) is 3.57. The maximum Gasteiger partial charge on any atom is 0.0757 e. The van der Waals surface area contributed by atoms with Gasteiger partial charge in [-0.3, -0.25) is 0 Å². The van der Waals surface area contributed by atoms with Crippen molar-refractivity contribution in [2.45, 2.75) is 98.2 Å². The quantitative estimate of drug-likeness (QED) is 0.557. The van der Waals surface area contributed by atoms with E-state index in [9.17, 15) is 10.2 Å². The molecule has 0 saturated heterocycles. The van der Waals surface area contributed by atoms with E-state index in [1.807, 2.05) is 0 Å². The summed E-state index contributed by atoms with van der Waals surface area (Å²) < 4.78 is 0. The monoisotopic (exact) mass is 400 g/mol. The Bertz CT molecular complexity index is 663. The smallest absolute Gasteiger partial charge is 0.0757 e. The maximum atomic E-state index is 11.3. The van der Waals surface area contributed by atoms with Crippen LogP contribution in [0.3, 0.4) is 0 Å². The van der Waals surface area contributed by atoms with Gasteiger partial charge in [-0.15, -0.1) is 0 Å². The zero-order valence-electron chi connectivity index (χ0n) is 19.4.